The molecule has 0 spiro atoms. The van der Waals surface area contributed by atoms with Gasteiger partial charge in [-0.05, 0) is 19.3 Å². The fraction of sp³-hybridized carbons (Fsp3) is 0.684. The van der Waals surface area contributed by atoms with Crippen molar-refractivity contribution in [1.82, 2.24) is 34.8 Å². The SMILES string of the molecule is COCCCNC(=NCc1nnc(C)n1C)N(C)Cc1cn(C)nc1C(C)C.I. The monoisotopic (exact) mass is 518 g/mol. The fourth-order valence-corrected chi connectivity index (χ4v) is 2.96. The highest BCUT2D eigenvalue weighted by Crippen LogP contribution is 2.18. The van der Waals surface area contributed by atoms with E-state index < -0.39 is 0 Å². The maximum atomic E-state index is 5.15. The number of nitrogens with one attached hydrogen (secondary N) is 1. The number of halogens is 1. The second-order valence-electron chi connectivity index (χ2n) is 7.36. The molecule has 29 heavy (non-hydrogen) atoms. The summed E-state index contributed by atoms with van der Waals surface area (Å²) in [5.74, 6) is 2.92. The second kappa shape index (κ2) is 12.1. The highest BCUT2D eigenvalue weighted by Gasteiger charge is 2.15. The highest BCUT2D eigenvalue weighted by molar-refractivity contribution is 14.0. The average Bonchev–Trinajstić information content (AvgIpc) is 3.17. The van der Waals surface area contributed by atoms with Gasteiger partial charge in [-0.1, -0.05) is 13.8 Å². The smallest absolute Gasteiger partial charge is 0.194 e. The van der Waals surface area contributed by atoms with E-state index in [1.54, 1.807) is 7.11 Å². The van der Waals surface area contributed by atoms with Crippen LogP contribution in [0.25, 0.3) is 0 Å². The molecule has 9 nitrogen and oxygen atoms in total. The molecule has 2 rings (SSSR count). The molecule has 0 fully saturated rings. The van der Waals surface area contributed by atoms with Gasteiger partial charge < -0.3 is 19.5 Å². The van der Waals surface area contributed by atoms with E-state index in [1.165, 1.54) is 5.56 Å². The lowest BCUT2D eigenvalue weighted by molar-refractivity contribution is 0.195. The van der Waals surface area contributed by atoms with Crippen molar-refractivity contribution in [2.75, 3.05) is 27.3 Å². The van der Waals surface area contributed by atoms with Crippen molar-refractivity contribution in [3.05, 3.63) is 29.1 Å². The standard InChI is InChI=1S/C19H34N8O.HI/c1-14(2)18-16(13-26(5)24-18)12-25(4)19(20-9-8-10-28-7)21-11-17-23-22-15(3)27(17)6;/h13-14H,8-12H2,1-7H3,(H,20,21);1H. The summed E-state index contributed by atoms with van der Waals surface area (Å²) in [7, 11) is 7.68. The third kappa shape index (κ3) is 7.25. The minimum Gasteiger partial charge on any atom is -0.385 e. The van der Waals surface area contributed by atoms with E-state index in [-0.39, 0.29) is 24.0 Å². The number of aromatic nitrogens is 5. The number of aliphatic imine (C=N–C) groups is 1. The summed E-state index contributed by atoms with van der Waals surface area (Å²) in [6, 6.07) is 0. The average molecular weight is 518 g/mol. The normalized spacial score (nSPS) is 11.7. The number of guanidine groups is 1. The Bertz CT molecular complexity index is 783. The van der Waals surface area contributed by atoms with Crippen LogP contribution in [-0.2, 0) is 31.9 Å². The van der Waals surface area contributed by atoms with Gasteiger partial charge in [0.15, 0.2) is 11.8 Å². The van der Waals surface area contributed by atoms with E-state index in [0.717, 1.165) is 42.8 Å². The number of hydrogen-bond donors (Lipinski definition) is 1. The first kappa shape index (κ1) is 25.3. The minimum atomic E-state index is 0. The molecule has 10 heteroatoms. The Morgan fingerprint density at radius 1 is 1.31 bits per heavy atom. The number of nitrogens with zero attached hydrogens (tertiary/aromatic N) is 7. The van der Waals surface area contributed by atoms with Crippen molar-refractivity contribution in [2.45, 2.75) is 46.2 Å². The molecule has 0 aliphatic carbocycles. The van der Waals surface area contributed by atoms with Crippen LogP contribution in [-0.4, -0.2) is 62.7 Å². The van der Waals surface area contributed by atoms with Crippen molar-refractivity contribution < 1.29 is 4.74 Å². The number of hydrogen-bond acceptors (Lipinski definition) is 5. The molecule has 0 aliphatic heterocycles. The topological polar surface area (TPSA) is 85.4 Å². The van der Waals surface area contributed by atoms with Crippen LogP contribution in [0, 0.1) is 6.92 Å². The second-order valence-corrected chi connectivity index (χ2v) is 7.36. The van der Waals surface area contributed by atoms with Crippen LogP contribution < -0.4 is 5.32 Å². The molecule has 2 aromatic heterocycles. The predicted molar refractivity (Wildman–Crippen MR) is 126 cm³/mol. The summed E-state index contributed by atoms with van der Waals surface area (Å²) in [5.41, 5.74) is 2.33. The number of ether oxygens (including phenoxy) is 1. The van der Waals surface area contributed by atoms with E-state index in [0.29, 0.717) is 19.1 Å². The zero-order chi connectivity index (χ0) is 20.7. The summed E-state index contributed by atoms with van der Waals surface area (Å²) in [5, 5.41) is 16.4. The highest BCUT2D eigenvalue weighted by atomic mass is 127. The molecule has 164 valence electrons. The largest absolute Gasteiger partial charge is 0.385 e. The maximum absolute atomic E-state index is 5.15. The first-order chi connectivity index (χ1) is 13.3. The fourth-order valence-electron chi connectivity index (χ4n) is 2.96. The minimum absolute atomic E-state index is 0. The Balaban J connectivity index is 0.00000420. The van der Waals surface area contributed by atoms with E-state index in [1.807, 2.05) is 37.3 Å². The van der Waals surface area contributed by atoms with Crippen LogP contribution in [0.1, 0.15) is 49.1 Å². The molecule has 0 unspecified atom stereocenters. The lowest BCUT2D eigenvalue weighted by Crippen LogP contribution is -2.39. The molecular formula is C19H35IN8O. The molecule has 0 amide bonds. The first-order valence-electron chi connectivity index (χ1n) is 9.69. The molecule has 0 saturated heterocycles. The van der Waals surface area contributed by atoms with Gasteiger partial charge in [0.2, 0.25) is 0 Å². The van der Waals surface area contributed by atoms with E-state index in [9.17, 15) is 0 Å². The van der Waals surface area contributed by atoms with Gasteiger partial charge in [0, 0.05) is 59.7 Å². The van der Waals surface area contributed by atoms with Crippen LogP contribution in [0.5, 0.6) is 0 Å². The summed E-state index contributed by atoms with van der Waals surface area (Å²) < 4.78 is 8.99. The van der Waals surface area contributed by atoms with Gasteiger partial charge in [-0.3, -0.25) is 4.68 Å². The van der Waals surface area contributed by atoms with Crippen molar-refractivity contribution >= 4 is 29.9 Å². The molecule has 2 heterocycles. The van der Waals surface area contributed by atoms with Crippen molar-refractivity contribution in [3.63, 3.8) is 0 Å². The van der Waals surface area contributed by atoms with E-state index in [4.69, 9.17) is 9.73 Å². The molecule has 0 saturated carbocycles. The number of methoxy groups -OCH3 is 1. The van der Waals surface area contributed by atoms with Crippen LogP contribution in [0.3, 0.4) is 0 Å². The third-order valence-electron chi connectivity index (χ3n) is 4.61. The van der Waals surface area contributed by atoms with Crippen LogP contribution >= 0.6 is 24.0 Å². The van der Waals surface area contributed by atoms with Crippen molar-refractivity contribution in [1.29, 1.82) is 0 Å². The molecule has 0 atom stereocenters. The Kier molecular flexibility index (Phi) is 10.6. The van der Waals surface area contributed by atoms with Gasteiger partial charge in [0.05, 0.1) is 5.69 Å². The lowest BCUT2D eigenvalue weighted by atomic mass is 10.1. The first-order valence-corrected chi connectivity index (χ1v) is 9.69. The van der Waals surface area contributed by atoms with Gasteiger partial charge in [-0.25, -0.2) is 4.99 Å². The van der Waals surface area contributed by atoms with Gasteiger partial charge in [0.25, 0.3) is 0 Å². The van der Waals surface area contributed by atoms with E-state index in [2.05, 4.69) is 45.6 Å². The van der Waals surface area contributed by atoms with Crippen molar-refractivity contribution in [2.24, 2.45) is 19.1 Å². The van der Waals surface area contributed by atoms with Crippen LogP contribution in [0.4, 0.5) is 0 Å². The van der Waals surface area contributed by atoms with Gasteiger partial charge >= 0.3 is 0 Å². The number of aryl methyl sites for hydroxylation is 2. The Morgan fingerprint density at radius 2 is 2.03 bits per heavy atom. The van der Waals surface area contributed by atoms with Crippen LogP contribution in [0.15, 0.2) is 11.2 Å². The van der Waals surface area contributed by atoms with E-state index >= 15 is 0 Å². The molecule has 0 bridgehead atoms. The van der Waals surface area contributed by atoms with Gasteiger partial charge in [0.1, 0.15) is 12.4 Å². The predicted octanol–water partition coefficient (Wildman–Crippen LogP) is 2.21. The number of rotatable bonds is 9. The lowest BCUT2D eigenvalue weighted by Gasteiger charge is -2.23. The Labute approximate surface area is 190 Å². The summed E-state index contributed by atoms with van der Waals surface area (Å²) >= 11 is 0. The maximum Gasteiger partial charge on any atom is 0.194 e. The molecule has 0 aromatic carbocycles. The van der Waals surface area contributed by atoms with Crippen molar-refractivity contribution in [3.8, 4) is 0 Å². The molecule has 0 radical (unpaired) electrons. The quantitative estimate of drug-likeness (QED) is 0.237. The Morgan fingerprint density at radius 3 is 2.62 bits per heavy atom. The molecular weight excluding hydrogens is 483 g/mol. The zero-order valence-corrected chi connectivity index (χ0v) is 21.0. The van der Waals surface area contributed by atoms with Gasteiger partial charge in [-0.2, -0.15) is 5.10 Å². The summed E-state index contributed by atoms with van der Waals surface area (Å²) in [6.45, 7) is 8.98. The molecule has 1 N–H and O–H groups in total. The summed E-state index contributed by atoms with van der Waals surface area (Å²) in [4.78, 5) is 6.91. The van der Waals surface area contributed by atoms with Crippen LogP contribution in [0.2, 0.25) is 0 Å². The third-order valence-corrected chi connectivity index (χ3v) is 4.61. The Hall–Kier alpha value is -1.69. The van der Waals surface area contributed by atoms with Gasteiger partial charge in [-0.15, -0.1) is 34.2 Å². The molecule has 2 aromatic rings. The summed E-state index contributed by atoms with van der Waals surface area (Å²) in [6.07, 6.45) is 3.00. The molecule has 0 aliphatic rings. The zero-order valence-electron chi connectivity index (χ0n) is 18.6.